The third kappa shape index (κ3) is 4.26. The number of halogens is 3. The Balaban J connectivity index is 1.51. The Kier molecular flexibility index (Phi) is 6.04. The first kappa shape index (κ1) is 21.7. The molecule has 0 aliphatic carbocycles. The van der Waals surface area contributed by atoms with Crippen molar-refractivity contribution in [2.75, 3.05) is 11.4 Å². The van der Waals surface area contributed by atoms with Crippen molar-refractivity contribution >= 4 is 11.8 Å². The van der Waals surface area contributed by atoms with Crippen LogP contribution < -0.4 is 4.90 Å². The van der Waals surface area contributed by atoms with E-state index >= 15 is 0 Å². The highest BCUT2D eigenvalue weighted by Crippen LogP contribution is 2.30. The molecule has 3 aromatic rings. The Morgan fingerprint density at radius 2 is 2.09 bits per heavy atom. The molecule has 1 saturated heterocycles. The second-order valence-corrected chi connectivity index (χ2v) is 7.16. The summed E-state index contributed by atoms with van der Waals surface area (Å²) in [5.74, 6) is -0.288. The minimum atomic E-state index is -3.06. The number of alkyl halides is 2. The highest BCUT2D eigenvalue weighted by molar-refractivity contribution is 5.90. The number of amides is 1. The smallest absolute Gasteiger partial charge is 0.414 e. The molecule has 32 heavy (non-hydrogen) atoms. The molecule has 0 bridgehead atoms. The predicted octanol–water partition coefficient (Wildman–Crippen LogP) is 2.90. The van der Waals surface area contributed by atoms with E-state index < -0.39 is 30.5 Å². The summed E-state index contributed by atoms with van der Waals surface area (Å²) in [6.45, 7) is 2.31. The molecule has 3 heterocycles. The van der Waals surface area contributed by atoms with Crippen molar-refractivity contribution in [1.82, 2.24) is 25.2 Å². The summed E-state index contributed by atoms with van der Waals surface area (Å²) in [4.78, 5) is 18.7. The summed E-state index contributed by atoms with van der Waals surface area (Å²) >= 11 is 0. The van der Waals surface area contributed by atoms with Crippen molar-refractivity contribution in [3.63, 3.8) is 0 Å². The lowest BCUT2D eigenvalue weighted by Gasteiger charge is -2.16. The molecule has 0 spiro atoms. The van der Waals surface area contributed by atoms with Gasteiger partial charge in [0.25, 0.3) is 6.43 Å². The molecule has 9 nitrogen and oxygen atoms in total. The summed E-state index contributed by atoms with van der Waals surface area (Å²) in [6.07, 6.45) is -5.18. The zero-order chi connectivity index (χ0) is 22.8. The highest BCUT2D eigenvalue weighted by atomic mass is 19.3. The second kappa shape index (κ2) is 8.91. The quantitative estimate of drug-likeness (QED) is 0.592. The molecular weight excluding hydrogens is 429 g/mol. The van der Waals surface area contributed by atoms with Crippen LogP contribution in [0.1, 0.15) is 13.3 Å². The van der Waals surface area contributed by atoms with Gasteiger partial charge in [0.15, 0.2) is 12.2 Å². The number of hydrogen-bond acceptors (Lipinski definition) is 7. The Morgan fingerprint density at radius 1 is 1.28 bits per heavy atom. The Hall–Kier alpha value is -3.54. The molecule has 1 aliphatic heterocycles. The minimum absolute atomic E-state index is 0.126. The van der Waals surface area contributed by atoms with E-state index in [1.165, 1.54) is 23.1 Å². The number of rotatable bonds is 7. The average molecular weight is 448 g/mol. The van der Waals surface area contributed by atoms with Crippen LogP contribution in [0.3, 0.4) is 0 Å². The van der Waals surface area contributed by atoms with Crippen molar-refractivity contribution in [2.45, 2.75) is 38.5 Å². The van der Waals surface area contributed by atoms with Crippen LogP contribution >= 0.6 is 0 Å². The number of aryl methyl sites for hydroxylation is 1. The fourth-order valence-corrected chi connectivity index (χ4v) is 3.27. The zero-order valence-corrected chi connectivity index (χ0v) is 16.9. The standard InChI is InChI=1S/C20H19F3N6O3/c1-2-7-29-26-19(25-27-29)15-6-3-11(9-24-15)13-5-4-12(8-14(13)21)28-10-16(32-20(28)31)17(30)18(22)23/h3-6,8-9,16-18,30H,2,7,10H2,1H3/t16-,17?/m1/s1. The van der Waals surface area contributed by atoms with E-state index in [2.05, 4.69) is 20.4 Å². The Bertz CT molecular complexity index is 1110. The van der Waals surface area contributed by atoms with E-state index in [0.717, 1.165) is 17.4 Å². The number of benzene rings is 1. The van der Waals surface area contributed by atoms with E-state index in [1.807, 2.05) is 6.92 Å². The van der Waals surface area contributed by atoms with Crippen molar-refractivity contribution in [3.8, 4) is 22.6 Å². The maximum absolute atomic E-state index is 14.8. The number of pyridine rings is 1. The van der Waals surface area contributed by atoms with Gasteiger partial charge in [-0.2, -0.15) is 4.80 Å². The molecule has 1 amide bonds. The van der Waals surface area contributed by atoms with Crippen LogP contribution in [0.25, 0.3) is 22.6 Å². The molecule has 1 aromatic carbocycles. The number of carbonyl (C=O) groups is 1. The van der Waals surface area contributed by atoms with Gasteiger partial charge in [-0.15, -0.1) is 10.2 Å². The van der Waals surface area contributed by atoms with Crippen LogP contribution in [0.15, 0.2) is 36.5 Å². The Morgan fingerprint density at radius 3 is 2.75 bits per heavy atom. The number of cyclic esters (lactones) is 1. The molecule has 1 N–H and O–H groups in total. The summed E-state index contributed by atoms with van der Waals surface area (Å²) in [7, 11) is 0. The van der Waals surface area contributed by atoms with Crippen LogP contribution in [0, 0.1) is 5.82 Å². The van der Waals surface area contributed by atoms with E-state index in [1.54, 1.807) is 12.1 Å². The van der Waals surface area contributed by atoms with Crippen LogP contribution in [0.4, 0.5) is 23.7 Å². The number of aliphatic hydroxyl groups is 1. The predicted molar refractivity (Wildman–Crippen MR) is 106 cm³/mol. The van der Waals surface area contributed by atoms with Crippen molar-refractivity contribution < 1.29 is 27.8 Å². The van der Waals surface area contributed by atoms with E-state index in [4.69, 9.17) is 4.74 Å². The molecule has 1 unspecified atom stereocenters. The van der Waals surface area contributed by atoms with Crippen LogP contribution in [0.5, 0.6) is 0 Å². The lowest BCUT2D eigenvalue weighted by molar-refractivity contribution is -0.0641. The zero-order valence-electron chi connectivity index (χ0n) is 16.9. The van der Waals surface area contributed by atoms with Gasteiger partial charge < -0.3 is 9.84 Å². The van der Waals surface area contributed by atoms with Gasteiger partial charge in [-0.3, -0.25) is 9.88 Å². The topological polar surface area (TPSA) is 106 Å². The average Bonchev–Trinajstić information content (AvgIpc) is 3.40. The van der Waals surface area contributed by atoms with Gasteiger partial charge >= 0.3 is 6.09 Å². The van der Waals surface area contributed by atoms with Gasteiger partial charge in [0.05, 0.1) is 18.8 Å². The van der Waals surface area contributed by atoms with Gasteiger partial charge in [0.1, 0.15) is 11.5 Å². The van der Waals surface area contributed by atoms with E-state index in [9.17, 15) is 23.1 Å². The third-order valence-corrected chi connectivity index (χ3v) is 4.92. The number of hydrogen-bond donors (Lipinski definition) is 1. The molecule has 12 heteroatoms. The van der Waals surface area contributed by atoms with Crippen molar-refractivity contribution in [2.24, 2.45) is 0 Å². The van der Waals surface area contributed by atoms with Gasteiger partial charge in [-0.1, -0.05) is 13.0 Å². The third-order valence-electron chi connectivity index (χ3n) is 4.92. The minimum Gasteiger partial charge on any atom is -0.441 e. The molecule has 2 aromatic heterocycles. The van der Waals surface area contributed by atoms with Crippen molar-refractivity contribution in [1.29, 1.82) is 0 Å². The number of aliphatic hydroxyl groups excluding tert-OH is 1. The van der Waals surface area contributed by atoms with Gasteiger partial charge in [0.2, 0.25) is 5.82 Å². The fraction of sp³-hybridized carbons (Fsp3) is 0.350. The summed E-state index contributed by atoms with van der Waals surface area (Å²) in [6, 6.07) is 7.30. The van der Waals surface area contributed by atoms with Crippen molar-refractivity contribution in [3.05, 3.63) is 42.3 Å². The highest BCUT2D eigenvalue weighted by Gasteiger charge is 2.40. The van der Waals surface area contributed by atoms with Gasteiger partial charge in [-0.05, 0) is 35.9 Å². The Labute approximate surface area is 180 Å². The molecule has 0 radical (unpaired) electrons. The maximum Gasteiger partial charge on any atom is 0.414 e. The first-order valence-electron chi connectivity index (χ1n) is 9.86. The fourth-order valence-electron chi connectivity index (χ4n) is 3.27. The lowest BCUT2D eigenvalue weighted by Crippen LogP contribution is -2.36. The number of aromatic nitrogens is 5. The summed E-state index contributed by atoms with van der Waals surface area (Å²) < 4.78 is 44.9. The number of anilines is 1. The molecule has 0 saturated carbocycles. The molecule has 1 fully saturated rings. The normalized spacial score (nSPS) is 17.1. The number of ether oxygens (including phenoxy) is 1. The second-order valence-electron chi connectivity index (χ2n) is 7.16. The van der Waals surface area contributed by atoms with Crippen LogP contribution in [-0.4, -0.2) is 61.6 Å². The first-order chi connectivity index (χ1) is 15.4. The maximum atomic E-state index is 14.8. The molecule has 168 valence electrons. The largest absolute Gasteiger partial charge is 0.441 e. The monoisotopic (exact) mass is 448 g/mol. The number of carbonyl (C=O) groups excluding carboxylic acids is 1. The van der Waals surface area contributed by atoms with Gasteiger partial charge in [0, 0.05) is 17.3 Å². The van der Waals surface area contributed by atoms with Crippen LogP contribution in [0.2, 0.25) is 0 Å². The van der Waals surface area contributed by atoms with E-state index in [0.29, 0.717) is 23.6 Å². The summed E-state index contributed by atoms with van der Waals surface area (Å²) in [5.41, 5.74) is 1.32. The lowest BCUT2D eigenvalue weighted by atomic mass is 10.1. The molecule has 4 rings (SSSR count). The van der Waals surface area contributed by atoms with Crippen LogP contribution in [-0.2, 0) is 11.3 Å². The SMILES string of the molecule is CCCn1nnc(-c2ccc(-c3ccc(N4C[C@H](C(O)C(F)F)OC4=O)cc3F)cn2)n1. The molecular formula is C20H19F3N6O3. The molecule has 2 atom stereocenters. The first-order valence-corrected chi connectivity index (χ1v) is 9.86. The molecule has 1 aliphatic rings. The number of nitrogens with zero attached hydrogens (tertiary/aromatic N) is 6. The van der Waals surface area contributed by atoms with Gasteiger partial charge in [-0.25, -0.2) is 18.0 Å². The number of tetrazole rings is 1. The summed E-state index contributed by atoms with van der Waals surface area (Å²) in [5, 5.41) is 21.5. The van der Waals surface area contributed by atoms with E-state index in [-0.39, 0.29) is 17.8 Å².